The summed E-state index contributed by atoms with van der Waals surface area (Å²) in [6.07, 6.45) is 2.84. The van der Waals surface area contributed by atoms with Gasteiger partial charge < -0.3 is 14.8 Å². The number of H-pyrrole nitrogens is 1. The van der Waals surface area contributed by atoms with Crippen LogP contribution in [0, 0.1) is 12.8 Å². The van der Waals surface area contributed by atoms with Crippen LogP contribution in [-0.4, -0.2) is 32.2 Å². The highest BCUT2D eigenvalue weighted by molar-refractivity contribution is 7.20. The molecule has 0 radical (unpaired) electrons. The van der Waals surface area contributed by atoms with Crippen molar-refractivity contribution in [1.29, 1.82) is 0 Å². The molecule has 0 saturated carbocycles. The number of nitrogens with zero attached hydrogens (tertiary/aromatic N) is 2. The second kappa shape index (κ2) is 7.36. The monoisotopic (exact) mass is 389 g/mol. The number of hydrogen-bond donors (Lipinski definition) is 2. The van der Waals surface area contributed by atoms with E-state index in [1.54, 1.807) is 6.92 Å². The van der Waals surface area contributed by atoms with Gasteiger partial charge in [0.15, 0.2) is 5.75 Å². The molecule has 2 N–H and O–H groups in total. The Bertz CT molecular complexity index is 1130. The van der Waals surface area contributed by atoms with E-state index in [9.17, 15) is 19.5 Å². The molecule has 3 rings (SSSR count). The lowest BCUT2D eigenvalue weighted by Gasteiger charge is -2.09. The molecule has 0 aliphatic carbocycles. The van der Waals surface area contributed by atoms with Gasteiger partial charge >= 0.3 is 5.97 Å². The summed E-state index contributed by atoms with van der Waals surface area (Å²) in [6.45, 7) is 6.12. The van der Waals surface area contributed by atoms with Crippen molar-refractivity contribution in [3.05, 3.63) is 55.3 Å². The van der Waals surface area contributed by atoms with Crippen molar-refractivity contribution in [2.24, 2.45) is 5.92 Å². The first-order valence-electron chi connectivity index (χ1n) is 8.34. The Balaban J connectivity index is 1.93. The zero-order valence-corrected chi connectivity index (χ0v) is 15.9. The number of ether oxygens (including phenoxy) is 1. The van der Waals surface area contributed by atoms with Gasteiger partial charge in [-0.05, 0) is 18.4 Å². The molecule has 8 nitrogen and oxygen atoms in total. The Morgan fingerprint density at radius 2 is 2.15 bits per heavy atom. The molecule has 27 heavy (non-hydrogen) atoms. The maximum Gasteiger partial charge on any atom is 0.346 e. The summed E-state index contributed by atoms with van der Waals surface area (Å²) in [7, 11) is 0. The molecule has 0 aromatic carbocycles. The van der Waals surface area contributed by atoms with Crippen molar-refractivity contribution < 1.29 is 14.6 Å². The maximum absolute atomic E-state index is 12.7. The molecule has 0 aliphatic heterocycles. The Morgan fingerprint density at radius 1 is 1.41 bits per heavy atom. The number of pyridine rings is 1. The second-order valence-corrected chi connectivity index (χ2v) is 7.61. The number of hydrogen-bond acceptors (Lipinski definition) is 6. The predicted molar refractivity (Wildman–Crippen MR) is 102 cm³/mol. The Labute approximate surface area is 158 Å². The first-order valence-corrected chi connectivity index (χ1v) is 9.15. The molecule has 142 valence electrons. The van der Waals surface area contributed by atoms with E-state index in [4.69, 9.17) is 4.74 Å². The zero-order valence-electron chi connectivity index (χ0n) is 15.1. The van der Waals surface area contributed by atoms with Crippen LogP contribution in [-0.2, 0) is 6.54 Å². The van der Waals surface area contributed by atoms with Crippen LogP contribution in [0.4, 0.5) is 0 Å². The standard InChI is InChI=1S/C18H19N3O5S/c1-9(2)7-26-13-5-19-11(4-12(13)22)6-21-8-20-16-14(17(21)23)10(3)15(27-16)18(24)25/h4-5,8-9H,6-7H2,1-3H3,(H,19,22)(H,24,25). The number of rotatable bonds is 6. The molecular weight excluding hydrogens is 370 g/mol. The summed E-state index contributed by atoms with van der Waals surface area (Å²) >= 11 is 0.975. The van der Waals surface area contributed by atoms with Gasteiger partial charge in [-0.2, -0.15) is 0 Å². The quantitative estimate of drug-likeness (QED) is 0.668. The van der Waals surface area contributed by atoms with Crippen LogP contribution in [0.3, 0.4) is 0 Å². The van der Waals surface area contributed by atoms with Crippen LogP contribution >= 0.6 is 11.3 Å². The van der Waals surface area contributed by atoms with Gasteiger partial charge in [0, 0.05) is 18.0 Å². The summed E-state index contributed by atoms with van der Waals surface area (Å²) in [5, 5.41) is 9.51. The third kappa shape index (κ3) is 3.77. The SMILES string of the molecule is Cc1c(C(=O)O)sc2ncn(Cc3cc(=O)c(OCC(C)C)c[nH]3)c(=O)c12. The fourth-order valence-corrected chi connectivity index (χ4v) is 3.60. The van der Waals surface area contributed by atoms with E-state index in [-0.39, 0.29) is 28.2 Å². The molecule has 0 fully saturated rings. The Morgan fingerprint density at radius 3 is 2.78 bits per heavy atom. The van der Waals surface area contributed by atoms with Crippen molar-refractivity contribution >= 4 is 27.5 Å². The zero-order chi connectivity index (χ0) is 19.7. The molecule has 0 atom stereocenters. The number of carboxylic acids is 1. The van der Waals surface area contributed by atoms with Crippen molar-refractivity contribution in [2.75, 3.05) is 6.61 Å². The van der Waals surface area contributed by atoms with Crippen LogP contribution in [0.1, 0.15) is 34.8 Å². The fourth-order valence-electron chi connectivity index (χ4n) is 2.62. The number of carboxylic acid groups (broad SMARTS) is 1. The minimum absolute atomic E-state index is 0.104. The van der Waals surface area contributed by atoms with E-state index in [0.29, 0.717) is 34.0 Å². The summed E-state index contributed by atoms with van der Waals surface area (Å²) in [6, 6.07) is 1.38. The molecule has 0 unspecified atom stereocenters. The smallest absolute Gasteiger partial charge is 0.346 e. The lowest BCUT2D eigenvalue weighted by molar-refractivity contribution is 0.0701. The topological polar surface area (TPSA) is 114 Å². The summed E-state index contributed by atoms with van der Waals surface area (Å²) < 4.78 is 6.79. The number of nitrogens with one attached hydrogen (secondary N) is 1. The normalized spacial score (nSPS) is 11.3. The highest BCUT2D eigenvalue weighted by atomic mass is 32.1. The number of aromatic nitrogens is 3. The average molecular weight is 389 g/mol. The number of aromatic carboxylic acids is 1. The second-order valence-electron chi connectivity index (χ2n) is 6.61. The molecule has 9 heteroatoms. The van der Waals surface area contributed by atoms with Gasteiger partial charge in [-0.3, -0.25) is 14.2 Å². The molecule has 3 aromatic heterocycles. The average Bonchev–Trinajstić information content (AvgIpc) is 2.94. The van der Waals surface area contributed by atoms with Gasteiger partial charge in [0.05, 0.1) is 24.9 Å². The molecule has 0 amide bonds. The summed E-state index contributed by atoms with van der Waals surface area (Å²) in [5.41, 5.74) is 0.306. The highest BCUT2D eigenvalue weighted by Gasteiger charge is 2.19. The molecule has 3 aromatic rings. The van der Waals surface area contributed by atoms with E-state index < -0.39 is 5.97 Å². The van der Waals surface area contributed by atoms with Gasteiger partial charge in [-0.15, -0.1) is 11.3 Å². The van der Waals surface area contributed by atoms with E-state index in [2.05, 4.69) is 9.97 Å². The fraction of sp³-hybridized carbons (Fsp3) is 0.333. The minimum atomic E-state index is -1.08. The molecule has 0 spiro atoms. The third-order valence-electron chi connectivity index (χ3n) is 3.96. The number of carbonyl (C=O) groups is 1. The van der Waals surface area contributed by atoms with Crippen molar-refractivity contribution in [2.45, 2.75) is 27.3 Å². The van der Waals surface area contributed by atoms with Crippen molar-refractivity contribution in [3.8, 4) is 5.75 Å². The number of thiophene rings is 1. The van der Waals surface area contributed by atoms with Gasteiger partial charge in [-0.1, -0.05) is 13.8 Å². The van der Waals surface area contributed by atoms with Crippen molar-refractivity contribution in [1.82, 2.24) is 14.5 Å². The molecule has 0 aliphatic rings. The molecular formula is C18H19N3O5S. The van der Waals surface area contributed by atoms with Gasteiger partial charge in [-0.25, -0.2) is 9.78 Å². The molecule has 0 bridgehead atoms. The van der Waals surface area contributed by atoms with E-state index in [1.165, 1.54) is 23.2 Å². The van der Waals surface area contributed by atoms with E-state index in [0.717, 1.165) is 11.3 Å². The Kier molecular flexibility index (Phi) is 5.13. The van der Waals surface area contributed by atoms with Gasteiger partial charge in [0.2, 0.25) is 5.43 Å². The lowest BCUT2D eigenvalue weighted by atomic mass is 10.2. The molecule has 0 saturated heterocycles. The van der Waals surface area contributed by atoms with Gasteiger partial charge in [0.1, 0.15) is 9.71 Å². The lowest BCUT2D eigenvalue weighted by Crippen LogP contribution is -2.22. The number of aromatic amines is 1. The number of aryl methyl sites for hydroxylation is 1. The van der Waals surface area contributed by atoms with Crippen LogP contribution in [0.5, 0.6) is 5.75 Å². The largest absolute Gasteiger partial charge is 0.488 e. The van der Waals surface area contributed by atoms with Crippen LogP contribution in [0.25, 0.3) is 10.2 Å². The van der Waals surface area contributed by atoms with Crippen LogP contribution < -0.4 is 15.7 Å². The Hall–Kier alpha value is -2.94. The third-order valence-corrected chi connectivity index (χ3v) is 5.15. The van der Waals surface area contributed by atoms with E-state index >= 15 is 0 Å². The van der Waals surface area contributed by atoms with Crippen LogP contribution in [0.15, 0.2) is 28.2 Å². The maximum atomic E-state index is 12.7. The summed E-state index contributed by atoms with van der Waals surface area (Å²) in [5.74, 6) is -0.555. The van der Waals surface area contributed by atoms with Crippen molar-refractivity contribution in [3.63, 3.8) is 0 Å². The minimum Gasteiger partial charge on any atom is -0.488 e. The highest BCUT2D eigenvalue weighted by Crippen LogP contribution is 2.26. The predicted octanol–water partition coefficient (Wildman–Crippen LogP) is 2.24. The summed E-state index contributed by atoms with van der Waals surface area (Å²) in [4.78, 5) is 43.8. The molecule has 3 heterocycles. The van der Waals surface area contributed by atoms with E-state index in [1.807, 2.05) is 13.8 Å². The number of fused-ring (bicyclic) bond motifs is 1. The first kappa shape index (κ1) is 18.8. The van der Waals surface area contributed by atoms with Crippen LogP contribution in [0.2, 0.25) is 0 Å². The first-order chi connectivity index (χ1) is 12.8. The van der Waals surface area contributed by atoms with Gasteiger partial charge in [0.25, 0.3) is 5.56 Å².